The normalized spacial score (nSPS) is 11.2. The van der Waals surface area contributed by atoms with Gasteiger partial charge < -0.3 is 23.7 Å². The molecule has 0 atom stereocenters. The van der Waals surface area contributed by atoms with Crippen molar-refractivity contribution in [3.8, 4) is 11.5 Å². The summed E-state index contributed by atoms with van der Waals surface area (Å²) in [4.78, 5) is 13.0. The first-order chi connectivity index (χ1) is 13.0. The molecule has 0 fully saturated rings. The van der Waals surface area contributed by atoms with Gasteiger partial charge in [0, 0.05) is 30.9 Å². The second-order valence-electron chi connectivity index (χ2n) is 6.37. The highest BCUT2D eigenvalue weighted by Gasteiger charge is 2.18. The molecule has 3 rings (SSSR count). The van der Waals surface area contributed by atoms with E-state index in [9.17, 15) is 0 Å². The molecule has 0 saturated heterocycles. The van der Waals surface area contributed by atoms with E-state index in [0.29, 0.717) is 18.1 Å². The van der Waals surface area contributed by atoms with Crippen molar-refractivity contribution in [2.75, 3.05) is 46.3 Å². The van der Waals surface area contributed by atoms with Gasteiger partial charge in [-0.05, 0) is 42.2 Å². The third-order valence-electron chi connectivity index (χ3n) is 4.19. The minimum absolute atomic E-state index is 0.554. The number of ether oxygens (including phenoxy) is 2. The second kappa shape index (κ2) is 8.58. The number of anilines is 1. The van der Waals surface area contributed by atoms with Crippen LogP contribution in [0.5, 0.6) is 11.5 Å². The summed E-state index contributed by atoms with van der Waals surface area (Å²) in [5, 5.41) is 0. The van der Waals surface area contributed by atoms with E-state index in [-0.39, 0.29) is 0 Å². The largest absolute Gasteiger partial charge is 0.497 e. The zero-order chi connectivity index (χ0) is 19.4. The molecule has 0 bridgehead atoms. The molecule has 8 heteroatoms. The molecule has 3 aromatic rings. The first kappa shape index (κ1) is 19.4. The molecule has 0 aliphatic rings. The first-order valence-corrected chi connectivity index (χ1v) is 9.31. The van der Waals surface area contributed by atoms with Crippen molar-refractivity contribution in [3.63, 3.8) is 0 Å². The van der Waals surface area contributed by atoms with Crippen molar-refractivity contribution in [2.24, 2.45) is 0 Å². The molecule has 0 saturated carbocycles. The number of hydrogen-bond donors (Lipinski definition) is 0. The first-order valence-electron chi connectivity index (χ1n) is 8.52. The smallest absolute Gasteiger partial charge is 0.298 e. The van der Waals surface area contributed by atoms with Gasteiger partial charge in [-0.3, -0.25) is 4.98 Å². The number of halogens is 1. The summed E-state index contributed by atoms with van der Waals surface area (Å²) < 4.78 is 17.6. The van der Waals surface area contributed by atoms with E-state index in [2.05, 4.69) is 35.7 Å². The molecule has 1 aromatic carbocycles. The molecule has 0 spiro atoms. The van der Waals surface area contributed by atoms with Gasteiger partial charge in [0.2, 0.25) is 0 Å². The van der Waals surface area contributed by atoms with Crippen LogP contribution in [0.3, 0.4) is 0 Å². The van der Waals surface area contributed by atoms with E-state index >= 15 is 0 Å². The second-order valence-corrected chi connectivity index (χ2v) is 7.22. The van der Waals surface area contributed by atoms with Gasteiger partial charge in [-0.2, -0.15) is 4.98 Å². The van der Waals surface area contributed by atoms with E-state index in [0.717, 1.165) is 40.1 Å². The zero-order valence-corrected chi connectivity index (χ0v) is 17.5. The highest BCUT2D eigenvalue weighted by Crippen LogP contribution is 2.30. The van der Waals surface area contributed by atoms with Crippen molar-refractivity contribution in [1.29, 1.82) is 0 Å². The Labute approximate surface area is 167 Å². The predicted octanol–water partition coefficient (Wildman–Crippen LogP) is 3.57. The summed E-state index contributed by atoms with van der Waals surface area (Å²) >= 11 is 3.47. The molecular weight excluding hydrogens is 412 g/mol. The summed E-state index contributed by atoms with van der Waals surface area (Å²) in [6.45, 7) is 2.20. The Hall–Kier alpha value is -2.32. The summed E-state index contributed by atoms with van der Waals surface area (Å²) in [6, 6.07) is 6.36. The maximum absolute atomic E-state index is 6.03. The van der Waals surface area contributed by atoms with E-state index in [1.807, 2.05) is 32.3 Å². The maximum Gasteiger partial charge on any atom is 0.298 e. The molecular formula is C19H23BrN4O3. The molecule has 0 amide bonds. The van der Waals surface area contributed by atoms with Crippen molar-refractivity contribution in [1.82, 2.24) is 14.9 Å². The minimum Gasteiger partial charge on any atom is -0.497 e. The van der Waals surface area contributed by atoms with Crippen LogP contribution in [0.15, 0.2) is 39.5 Å². The fourth-order valence-electron chi connectivity index (χ4n) is 2.70. The molecule has 7 nitrogen and oxygen atoms in total. The number of oxazole rings is 1. The number of hydrogen-bond acceptors (Lipinski definition) is 7. The predicted molar refractivity (Wildman–Crippen MR) is 109 cm³/mol. The van der Waals surface area contributed by atoms with Crippen LogP contribution >= 0.6 is 15.9 Å². The molecule has 0 unspecified atom stereocenters. The molecule has 144 valence electrons. The van der Waals surface area contributed by atoms with Gasteiger partial charge in [0.1, 0.15) is 17.0 Å². The SMILES string of the molecule is COc1ccc(CN(CCN(C)C)c2nc3cncc(Br)c3o2)c(OC)c1. The van der Waals surface area contributed by atoms with Gasteiger partial charge in [-0.15, -0.1) is 0 Å². The summed E-state index contributed by atoms with van der Waals surface area (Å²) in [6.07, 6.45) is 3.40. The Morgan fingerprint density at radius 3 is 2.59 bits per heavy atom. The quantitative estimate of drug-likeness (QED) is 0.536. The summed E-state index contributed by atoms with van der Waals surface area (Å²) in [7, 11) is 7.38. The van der Waals surface area contributed by atoms with Crippen molar-refractivity contribution >= 4 is 33.0 Å². The van der Waals surface area contributed by atoms with Gasteiger partial charge in [0.05, 0.1) is 31.4 Å². The lowest BCUT2D eigenvalue weighted by Gasteiger charge is -2.23. The lowest BCUT2D eigenvalue weighted by atomic mass is 10.1. The topological polar surface area (TPSA) is 63.9 Å². The number of methoxy groups -OCH3 is 2. The highest BCUT2D eigenvalue weighted by atomic mass is 79.9. The minimum atomic E-state index is 0.554. The molecule has 27 heavy (non-hydrogen) atoms. The van der Waals surface area contributed by atoms with Gasteiger partial charge in [0.15, 0.2) is 5.58 Å². The van der Waals surface area contributed by atoms with Crippen LogP contribution in [0.2, 0.25) is 0 Å². The van der Waals surface area contributed by atoms with Gasteiger partial charge in [-0.1, -0.05) is 0 Å². The van der Waals surface area contributed by atoms with Gasteiger partial charge in [-0.25, -0.2) is 0 Å². The molecule has 0 aliphatic carbocycles. The Bertz CT molecular complexity index is 913. The Kier molecular flexibility index (Phi) is 6.18. The van der Waals surface area contributed by atoms with Crippen molar-refractivity contribution in [2.45, 2.75) is 6.54 Å². The lowest BCUT2D eigenvalue weighted by molar-refractivity contribution is 0.387. The molecule has 0 N–H and O–H groups in total. The zero-order valence-electron chi connectivity index (χ0n) is 15.9. The fraction of sp³-hybridized carbons (Fsp3) is 0.368. The van der Waals surface area contributed by atoms with Crippen LogP contribution in [0.4, 0.5) is 6.01 Å². The number of benzene rings is 1. The van der Waals surface area contributed by atoms with Crippen LogP contribution in [0.25, 0.3) is 11.1 Å². The third-order valence-corrected chi connectivity index (χ3v) is 4.75. The number of aromatic nitrogens is 2. The maximum atomic E-state index is 6.03. The van der Waals surface area contributed by atoms with Crippen LogP contribution in [0.1, 0.15) is 5.56 Å². The van der Waals surface area contributed by atoms with Crippen LogP contribution in [0, 0.1) is 0 Å². The Morgan fingerprint density at radius 1 is 1.11 bits per heavy atom. The number of likely N-dealkylation sites (N-methyl/N-ethyl adjacent to an activating group) is 1. The average Bonchev–Trinajstić information content (AvgIpc) is 3.10. The van der Waals surface area contributed by atoms with Crippen LogP contribution in [-0.4, -0.2) is 56.3 Å². The van der Waals surface area contributed by atoms with E-state index in [4.69, 9.17) is 13.9 Å². The van der Waals surface area contributed by atoms with Crippen molar-refractivity contribution < 1.29 is 13.9 Å². The van der Waals surface area contributed by atoms with Crippen LogP contribution in [-0.2, 0) is 6.54 Å². The van der Waals surface area contributed by atoms with E-state index < -0.39 is 0 Å². The van der Waals surface area contributed by atoms with E-state index in [1.165, 1.54) is 0 Å². The Balaban J connectivity index is 1.94. The summed E-state index contributed by atoms with van der Waals surface area (Å²) in [5.74, 6) is 1.52. The number of fused-ring (bicyclic) bond motifs is 1. The van der Waals surface area contributed by atoms with Gasteiger partial charge in [0.25, 0.3) is 6.01 Å². The standard InChI is InChI=1S/C19H23BrN4O3/c1-23(2)7-8-24(12-13-5-6-14(25-3)9-17(13)26-4)19-22-16-11-21-10-15(20)18(16)27-19/h5-6,9-11H,7-8,12H2,1-4H3. The lowest BCUT2D eigenvalue weighted by Crippen LogP contribution is -2.31. The molecule has 2 heterocycles. The number of pyridine rings is 1. The average molecular weight is 435 g/mol. The molecule has 2 aromatic heterocycles. The Morgan fingerprint density at radius 2 is 1.93 bits per heavy atom. The van der Waals surface area contributed by atoms with Crippen LogP contribution < -0.4 is 14.4 Å². The monoisotopic (exact) mass is 434 g/mol. The summed E-state index contributed by atoms with van der Waals surface area (Å²) in [5.41, 5.74) is 2.43. The third kappa shape index (κ3) is 4.51. The van der Waals surface area contributed by atoms with E-state index in [1.54, 1.807) is 26.6 Å². The number of nitrogens with zero attached hydrogens (tertiary/aromatic N) is 4. The van der Waals surface area contributed by atoms with Crippen molar-refractivity contribution in [3.05, 3.63) is 40.6 Å². The molecule has 0 radical (unpaired) electrons. The van der Waals surface area contributed by atoms with Gasteiger partial charge >= 0.3 is 0 Å². The highest BCUT2D eigenvalue weighted by molar-refractivity contribution is 9.10. The fourth-order valence-corrected chi connectivity index (χ4v) is 3.10. The number of rotatable bonds is 8. The molecule has 0 aliphatic heterocycles.